The first-order chi connectivity index (χ1) is 11.1. The summed E-state index contributed by atoms with van der Waals surface area (Å²) in [5, 5.41) is 17.7. The Bertz CT molecular complexity index is 843. The molecule has 3 rings (SSSR count). The van der Waals surface area contributed by atoms with Crippen LogP contribution >= 0.6 is 22.7 Å². The lowest BCUT2D eigenvalue weighted by atomic mass is 10.1. The Kier molecular flexibility index (Phi) is 4.45. The van der Waals surface area contributed by atoms with Crippen molar-refractivity contribution >= 4 is 39.4 Å². The van der Waals surface area contributed by atoms with E-state index < -0.39 is 4.92 Å². The standard InChI is InChI=1S/C15H11N3O3S2/c19-14(8-12-5-2-6-22-12)17-15-16-13(9-23-15)10-3-1-4-11(7-10)18(20)21/h1-7,9H,8H2,(H,16,17,19). The van der Waals surface area contributed by atoms with E-state index >= 15 is 0 Å². The van der Waals surface area contributed by atoms with Crippen molar-refractivity contribution in [2.24, 2.45) is 0 Å². The van der Waals surface area contributed by atoms with Crippen molar-refractivity contribution in [3.05, 3.63) is 62.1 Å². The number of benzene rings is 1. The van der Waals surface area contributed by atoms with Gasteiger partial charge in [0.05, 0.1) is 17.0 Å². The Labute approximate surface area is 139 Å². The summed E-state index contributed by atoms with van der Waals surface area (Å²) in [7, 11) is 0. The summed E-state index contributed by atoms with van der Waals surface area (Å²) in [4.78, 5) is 27.6. The van der Waals surface area contributed by atoms with Gasteiger partial charge in [0.1, 0.15) is 0 Å². The molecule has 3 aromatic rings. The summed E-state index contributed by atoms with van der Waals surface area (Å²) in [6, 6.07) is 10.1. The Hall–Kier alpha value is -2.58. The fourth-order valence-electron chi connectivity index (χ4n) is 1.98. The zero-order valence-corrected chi connectivity index (χ0v) is 13.4. The van der Waals surface area contributed by atoms with Crippen LogP contribution in [0.5, 0.6) is 0 Å². The number of hydrogen-bond donors (Lipinski definition) is 1. The Morgan fingerprint density at radius 3 is 2.87 bits per heavy atom. The first-order valence-electron chi connectivity index (χ1n) is 6.64. The number of anilines is 1. The van der Waals surface area contributed by atoms with Gasteiger partial charge in [0.15, 0.2) is 5.13 Å². The minimum Gasteiger partial charge on any atom is -0.302 e. The van der Waals surface area contributed by atoms with Crippen LogP contribution in [0.3, 0.4) is 0 Å². The van der Waals surface area contributed by atoms with Gasteiger partial charge in [0.2, 0.25) is 5.91 Å². The molecule has 1 aromatic carbocycles. The number of rotatable bonds is 5. The summed E-state index contributed by atoms with van der Waals surface area (Å²) < 4.78 is 0. The largest absolute Gasteiger partial charge is 0.302 e. The van der Waals surface area contributed by atoms with E-state index in [2.05, 4.69) is 10.3 Å². The molecule has 23 heavy (non-hydrogen) atoms. The highest BCUT2D eigenvalue weighted by Crippen LogP contribution is 2.27. The fourth-order valence-corrected chi connectivity index (χ4v) is 3.42. The monoisotopic (exact) mass is 345 g/mol. The lowest BCUT2D eigenvalue weighted by molar-refractivity contribution is -0.384. The van der Waals surface area contributed by atoms with E-state index in [1.807, 2.05) is 17.5 Å². The second kappa shape index (κ2) is 6.67. The molecule has 0 atom stereocenters. The first-order valence-corrected chi connectivity index (χ1v) is 8.40. The number of amides is 1. The normalized spacial score (nSPS) is 10.4. The second-order valence-electron chi connectivity index (χ2n) is 4.65. The SMILES string of the molecule is O=C(Cc1cccs1)Nc1nc(-c2cccc([N+](=O)[O-])c2)cs1. The summed E-state index contributed by atoms with van der Waals surface area (Å²) in [5.41, 5.74) is 1.26. The number of nitro benzene ring substituents is 1. The van der Waals surface area contributed by atoms with E-state index in [0.29, 0.717) is 22.8 Å². The van der Waals surface area contributed by atoms with Crippen LogP contribution < -0.4 is 5.32 Å². The molecule has 2 heterocycles. The van der Waals surface area contributed by atoms with Crippen LogP contribution in [-0.2, 0) is 11.2 Å². The van der Waals surface area contributed by atoms with Gasteiger partial charge in [-0.1, -0.05) is 18.2 Å². The maximum Gasteiger partial charge on any atom is 0.270 e. The highest BCUT2D eigenvalue weighted by atomic mass is 32.1. The van der Waals surface area contributed by atoms with Crippen LogP contribution in [0.15, 0.2) is 47.2 Å². The third kappa shape index (κ3) is 3.79. The van der Waals surface area contributed by atoms with E-state index in [4.69, 9.17) is 0 Å². The predicted molar refractivity (Wildman–Crippen MR) is 90.9 cm³/mol. The quantitative estimate of drug-likeness (QED) is 0.560. The number of thiophene rings is 1. The summed E-state index contributed by atoms with van der Waals surface area (Å²) in [6.45, 7) is 0. The molecule has 0 saturated heterocycles. The minimum atomic E-state index is -0.445. The molecule has 1 N–H and O–H groups in total. The van der Waals surface area contributed by atoms with Gasteiger partial charge in [-0.15, -0.1) is 22.7 Å². The van der Waals surface area contributed by atoms with E-state index in [0.717, 1.165) is 4.88 Å². The van der Waals surface area contributed by atoms with Gasteiger partial charge in [-0.2, -0.15) is 0 Å². The number of nitrogens with zero attached hydrogens (tertiary/aromatic N) is 2. The van der Waals surface area contributed by atoms with Crippen LogP contribution in [0.2, 0.25) is 0 Å². The van der Waals surface area contributed by atoms with Crippen molar-refractivity contribution in [1.82, 2.24) is 4.98 Å². The number of carbonyl (C=O) groups excluding carboxylic acids is 1. The molecule has 2 aromatic heterocycles. The minimum absolute atomic E-state index is 0.0128. The topological polar surface area (TPSA) is 85.1 Å². The van der Waals surface area contributed by atoms with Crippen LogP contribution in [0.1, 0.15) is 4.88 Å². The molecule has 0 aliphatic rings. The fraction of sp³-hybridized carbons (Fsp3) is 0.0667. The number of hydrogen-bond acceptors (Lipinski definition) is 6. The molecule has 116 valence electrons. The van der Waals surface area contributed by atoms with E-state index in [9.17, 15) is 14.9 Å². The molecule has 0 fully saturated rings. The molecule has 0 spiro atoms. The molecule has 6 nitrogen and oxygen atoms in total. The van der Waals surface area contributed by atoms with Crippen molar-refractivity contribution in [3.63, 3.8) is 0 Å². The highest BCUT2D eigenvalue weighted by Gasteiger charge is 2.12. The number of aromatic nitrogens is 1. The first kappa shape index (κ1) is 15.3. The number of non-ortho nitro benzene ring substituents is 1. The predicted octanol–water partition coefficient (Wildman–Crippen LogP) is 3.96. The average Bonchev–Trinajstić information content (AvgIpc) is 3.19. The second-order valence-corrected chi connectivity index (χ2v) is 6.54. The molecule has 0 unspecified atom stereocenters. The van der Waals surface area contributed by atoms with Gasteiger partial charge in [-0.25, -0.2) is 4.98 Å². The Morgan fingerprint density at radius 1 is 1.26 bits per heavy atom. The third-order valence-corrected chi connectivity index (χ3v) is 4.65. The molecule has 1 amide bonds. The van der Waals surface area contributed by atoms with Crippen molar-refractivity contribution in [1.29, 1.82) is 0 Å². The summed E-state index contributed by atoms with van der Waals surface area (Å²) in [6.07, 6.45) is 0.309. The molecule has 0 radical (unpaired) electrons. The highest BCUT2D eigenvalue weighted by molar-refractivity contribution is 7.14. The van der Waals surface area contributed by atoms with Gasteiger partial charge in [0.25, 0.3) is 5.69 Å². The van der Waals surface area contributed by atoms with Gasteiger partial charge < -0.3 is 5.32 Å². The number of nitro groups is 1. The maximum atomic E-state index is 11.9. The molecular formula is C15H11N3O3S2. The van der Waals surface area contributed by atoms with E-state index in [1.165, 1.54) is 34.8 Å². The maximum absolute atomic E-state index is 11.9. The van der Waals surface area contributed by atoms with Crippen LogP contribution in [0.4, 0.5) is 10.8 Å². The molecule has 8 heteroatoms. The number of carbonyl (C=O) groups is 1. The average molecular weight is 345 g/mol. The van der Waals surface area contributed by atoms with Gasteiger partial charge in [-0.05, 0) is 11.4 Å². The van der Waals surface area contributed by atoms with Crippen molar-refractivity contribution in [3.8, 4) is 11.3 Å². The number of nitrogens with one attached hydrogen (secondary N) is 1. The summed E-state index contributed by atoms with van der Waals surface area (Å²) >= 11 is 2.82. The van der Waals surface area contributed by atoms with Gasteiger partial charge in [-0.3, -0.25) is 14.9 Å². The van der Waals surface area contributed by atoms with E-state index in [-0.39, 0.29) is 11.6 Å². The lowest BCUT2D eigenvalue weighted by Crippen LogP contribution is -2.13. The zero-order valence-electron chi connectivity index (χ0n) is 11.8. The molecule has 0 saturated carbocycles. The zero-order chi connectivity index (χ0) is 16.2. The van der Waals surface area contributed by atoms with Crippen molar-refractivity contribution in [2.45, 2.75) is 6.42 Å². The molecule has 0 aliphatic heterocycles. The molecule has 0 aliphatic carbocycles. The smallest absolute Gasteiger partial charge is 0.270 e. The van der Waals surface area contributed by atoms with E-state index in [1.54, 1.807) is 17.5 Å². The molecule has 0 bridgehead atoms. The molecular weight excluding hydrogens is 334 g/mol. The van der Waals surface area contributed by atoms with Crippen LogP contribution in [-0.4, -0.2) is 15.8 Å². The van der Waals surface area contributed by atoms with Crippen LogP contribution in [0, 0.1) is 10.1 Å². The summed E-state index contributed by atoms with van der Waals surface area (Å²) in [5.74, 6) is -0.132. The third-order valence-electron chi connectivity index (χ3n) is 3.02. The van der Waals surface area contributed by atoms with Gasteiger partial charge >= 0.3 is 0 Å². The van der Waals surface area contributed by atoms with Crippen molar-refractivity contribution in [2.75, 3.05) is 5.32 Å². The van der Waals surface area contributed by atoms with Crippen molar-refractivity contribution < 1.29 is 9.72 Å². The lowest BCUT2D eigenvalue weighted by Gasteiger charge is -2.00. The Morgan fingerprint density at radius 2 is 2.13 bits per heavy atom. The number of thiazole rings is 1. The van der Waals surface area contributed by atoms with Gasteiger partial charge in [0, 0.05) is 28.0 Å². The Balaban J connectivity index is 1.71. The van der Waals surface area contributed by atoms with Crippen LogP contribution in [0.25, 0.3) is 11.3 Å².